The zero-order chi connectivity index (χ0) is 14.2. The lowest BCUT2D eigenvalue weighted by Gasteiger charge is -2.23. The van der Waals surface area contributed by atoms with Crippen molar-refractivity contribution in [3.63, 3.8) is 0 Å². The van der Waals surface area contributed by atoms with Gasteiger partial charge in [0.15, 0.2) is 0 Å². The van der Waals surface area contributed by atoms with Gasteiger partial charge in [-0.2, -0.15) is 4.98 Å². The van der Waals surface area contributed by atoms with Gasteiger partial charge in [-0.1, -0.05) is 38.1 Å². The Labute approximate surface area is 111 Å². The molecule has 2 aromatic rings. The average molecular weight is 263 g/mol. The molecule has 0 bridgehead atoms. The zero-order valence-corrected chi connectivity index (χ0v) is 11.6. The third kappa shape index (κ3) is 2.81. The fourth-order valence-electron chi connectivity index (χ4n) is 1.58. The molecular formula is C14H18FN3O. The van der Waals surface area contributed by atoms with E-state index in [1.807, 2.05) is 20.8 Å². The predicted molar refractivity (Wildman–Crippen MR) is 70.8 cm³/mol. The molecule has 19 heavy (non-hydrogen) atoms. The van der Waals surface area contributed by atoms with E-state index in [0.717, 1.165) is 0 Å². The lowest BCUT2D eigenvalue weighted by molar-refractivity contribution is 0.253. The molecule has 4 nitrogen and oxygen atoms in total. The maximum absolute atomic E-state index is 13.5. The number of aryl methyl sites for hydroxylation is 1. The molecule has 0 aliphatic rings. The molecule has 5 heteroatoms. The summed E-state index contributed by atoms with van der Waals surface area (Å²) in [7, 11) is 0. The number of nitrogens with two attached hydrogens (primary N) is 1. The Balaban J connectivity index is 2.33. The summed E-state index contributed by atoms with van der Waals surface area (Å²) in [4.78, 5) is 4.25. The molecular weight excluding hydrogens is 245 g/mol. The van der Waals surface area contributed by atoms with Gasteiger partial charge in [0.25, 0.3) is 0 Å². The highest BCUT2D eigenvalue weighted by Crippen LogP contribution is 2.30. The summed E-state index contributed by atoms with van der Waals surface area (Å²) >= 11 is 0. The van der Waals surface area contributed by atoms with Crippen LogP contribution in [0.3, 0.4) is 0 Å². The minimum atomic E-state index is -0.357. The fraction of sp³-hybridized carbons (Fsp3) is 0.429. The zero-order valence-electron chi connectivity index (χ0n) is 11.6. The van der Waals surface area contributed by atoms with Crippen LogP contribution in [0.5, 0.6) is 0 Å². The van der Waals surface area contributed by atoms with Gasteiger partial charge in [-0.3, -0.25) is 0 Å². The molecule has 0 saturated carbocycles. The van der Waals surface area contributed by atoms with Crippen LogP contribution < -0.4 is 5.73 Å². The molecule has 0 aliphatic heterocycles. The van der Waals surface area contributed by atoms with Crippen LogP contribution in [0.2, 0.25) is 0 Å². The van der Waals surface area contributed by atoms with Gasteiger partial charge in [0.2, 0.25) is 11.7 Å². The highest BCUT2D eigenvalue weighted by molar-refractivity contribution is 5.55. The molecule has 0 fully saturated rings. The van der Waals surface area contributed by atoms with Crippen LogP contribution in [-0.4, -0.2) is 10.1 Å². The first kappa shape index (κ1) is 13.7. The van der Waals surface area contributed by atoms with Gasteiger partial charge < -0.3 is 10.3 Å². The number of hydrogen-bond acceptors (Lipinski definition) is 4. The average Bonchev–Trinajstić information content (AvgIpc) is 2.79. The SMILES string of the molecule is Cc1ccc(-c2noc(C(N)C(C)(C)C)n2)cc1F. The Morgan fingerprint density at radius 1 is 1.32 bits per heavy atom. The smallest absolute Gasteiger partial charge is 0.244 e. The highest BCUT2D eigenvalue weighted by Gasteiger charge is 2.27. The van der Waals surface area contributed by atoms with Gasteiger partial charge in [-0.15, -0.1) is 0 Å². The number of aromatic nitrogens is 2. The van der Waals surface area contributed by atoms with Crippen molar-refractivity contribution in [3.8, 4) is 11.4 Å². The van der Waals surface area contributed by atoms with Gasteiger partial charge in [-0.25, -0.2) is 4.39 Å². The van der Waals surface area contributed by atoms with Crippen LogP contribution in [-0.2, 0) is 0 Å². The molecule has 2 rings (SSSR count). The maximum atomic E-state index is 13.5. The molecule has 1 unspecified atom stereocenters. The minimum absolute atomic E-state index is 0.178. The minimum Gasteiger partial charge on any atom is -0.337 e. The number of nitrogens with zero attached hydrogens (tertiary/aromatic N) is 2. The van der Waals surface area contributed by atoms with E-state index in [1.54, 1.807) is 19.1 Å². The third-order valence-corrected chi connectivity index (χ3v) is 3.07. The van der Waals surface area contributed by atoms with Gasteiger partial charge >= 0.3 is 0 Å². The Kier molecular flexibility index (Phi) is 3.41. The monoisotopic (exact) mass is 263 g/mol. The van der Waals surface area contributed by atoms with Gasteiger partial charge in [0, 0.05) is 5.56 Å². The van der Waals surface area contributed by atoms with Crippen LogP contribution in [0.1, 0.15) is 38.3 Å². The lowest BCUT2D eigenvalue weighted by atomic mass is 9.87. The summed E-state index contributed by atoms with van der Waals surface area (Å²) in [6, 6.07) is 4.48. The van der Waals surface area contributed by atoms with Gasteiger partial charge in [0.05, 0.1) is 6.04 Å². The second-order valence-corrected chi connectivity index (χ2v) is 5.76. The molecule has 102 valence electrons. The van der Waals surface area contributed by atoms with Crippen LogP contribution in [0.25, 0.3) is 11.4 Å². The molecule has 2 N–H and O–H groups in total. The molecule has 1 heterocycles. The first-order chi connectivity index (χ1) is 8.79. The number of rotatable bonds is 2. The van der Waals surface area contributed by atoms with E-state index >= 15 is 0 Å². The molecule has 0 saturated heterocycles. The molecule has 0 amide bonds. The van der Waals surface area contributed by atoms with E-state index in [0.29, 0.717) is 22.8 Å². The molecule has 0 spiro atoms. The normalized spacial score (nSPS) is 13.6. The van der Waals surface area contributed by atoms with Crippen molar-refractivity contribution in [1.29, 1.82) is 0 Å². The number of benzene rings is 1. The van der Waals surface area contributed by atoms with Crippen molar-refractivity contribution >= 4 is 0 Å². The van der Waals surface area contributed by atoms with Crippen molar-refractivity contribution in [2.75, 3.05) is 0 Å². The summed E-state index contributed by atoms with van der Waals surface area (Å²) < 4.78 is 18.7. The Hall–Kier alpha value is -1.75. The van der Waals surface area contributed by atoms with Crippen LogP contribution in [0.15, 0.2) is 22.7 Å². The van der Waals surface area contributed by atoms with Crippen LogP contribution in [0.4, 0.5) is 4.39 Å². The maximum Gasteiger partial charge on any atom is 0.244 e. The van der Waals surface area contributed by atoms with Gasteiger partial charge in [-0.05, 0) is 24.0 Å². The van der Waals surface area contributed by atoms with Crippen molar-refractivity contribution in [1.82, 2.24) is 10.1 Å². The summed E-state index contributed by atoms with van der Waals surface area (Å²) in [6.45, 7) is 7.68. The highest BCUT2D eigenvalue weighted by atomic mass is 19.1. The van der Waals surface area contributed by atoms with Crippen molar-refractivity contribution < 1.29 is 8.91 Å². The van der Waals surface area contributed by atoms with Crippen molar-refractivity contribution in [2.45, 2.75) is 33.7 Å². The number of hydrogen-bond donors (Lipinski definition) is 1. The predicted octanol–water partition coefficient (Wildman–Crippen LogP) is 3.23. The summed E-state index contributed by atoms with van der Waals surface area (Å²) in [6.07, 6.45) is 0. The first-order valence-electron chi connectivity index (χ1n) is 6.15. The van der Waals surface area contributed by atoms with E-state index < -0.39 is 0 Å². The molecule has 1 aromatic heterocycles. The van der Waals surface area contributed by atoms with Crippen molar-refractivity contribution in [3.05, 3.63) is 35.5 Å². The standard InChI is InChI=1S/C14H18FN3O/c1-8-5-6-9(7-10(8)15)12-17-13(19-18-12)11(16)14(2,3)4/h5-7,11H,16H2,1-4H3. The molecule has 1 aromatic carbocycles. The largest absolute Gasteiger partial charge is 0.337 e. The fourth-order valence-corrected chi connectivity index (χ4v) is 1.58. The second-order valence-electron chi connectivity index (χ2n) is 5.76. The van der Waals surface area contributed by atoms with Crippen LogP contribution in [0, 0.1) is 18.2 Å². The Bertz CT molecular complexity index is 587. The van der Waals surface area contributed by atoms with E-state index in [1.165, 1.54) is 6.07 Å². The lowest BCUT2D eigenvalue weighted by Crippen LogP contribution is -2.26. The summed E-state index contributed by atoms with van der Waals surface area (Å²) in [5.41, 5.74) is 7.03. The second kappa shape index (κ2) is 4.74. The van der Waals surface area contributed by atoms with Crippen LogP contribution >= 0.6 is 0 Å². The Morgan fingerprint density at radius 2 is 2.00 bits per heavy atom. The van der Waals surface area contributed by atoms with E-state index in [9.17, 15) is 4.39 Å². The first-order valence-corrected chi connectivity index (χ1v) is 6.15. The van der Waals surface area contributed by atoms with E-state index in [-0.39, 0.29) is 17.3 Å². The van der Waals surface area contributed by atoms with Gasteiger partial charge in [0.1, 0.15) is 5.82 Å². The quantitative estimate of drug-likeness (QED) is 0.903. The van der Waals surface area contributed by atoms with E-state index in [4.69, 9.17) is 10.3 Å². The summed E-state index contributed by atoms with van der Waals surface area (Å²) in [5.74, 6) is 0.432. The molecule has 1 atom stereocenters. The number of halogens is 1. The Morgan fingerprint density at radius 3 is 2.58 bits per heavy atom. The van der Waals surface area contributed by atoms with Crippen molar-refractivity contribution in [2.24, 2.45) is 11.1 Å². The van der Waals surface area contributed by atoms with E-state index in [2.05, 4.69) is 10.1 Å². The topological polar surface area (TPSA) is 64.9 Å². The molecule has 0 radical (unpaired) electrons. The summed E-state index contributed by atoms with van der Waals surface area (Å²) in [5, 5.41) is 3.86. The third-order valence-electron chi connectivity index (χ3n) is 3.07. The molecule has 0 aliphatic carbocycles.